The van der Waals surface area contributed by atoms with Crippen LogP contribution >= 0.6 is 0 Å². The summed E-state index contributed by atoms with van der Waals surface area (Å²) in [5, 5.41) is 18.7. The van der Waals surface area contributed by atoms with E-state index in [9.17, 15) is 19.8 Å². The lowest BCUT2D eigenvalue weighted by Gasteiger charge is -2.40. The van der Waals surface area contributed by atoms with Gasteiger partial charge in [-0.05, 0) is 24.6 Å². The number of aliphatic carboxylic acids is 1. The van der Waals surface area contributed by atoms with Crippen LogP contribution < -0.4 is 0 Å². The van der Waals surface area contributed by atoms with Gasteiger partial charge >= 0.3 is 12.1 Å². The summed E-state index contributed by atoms with van der Waals surface area (Å²) in [5.74, 6) is -1.13. The molecule has 0 aromatic heterocycles. The molecule has 1 saturated heterocycles. The molecule has 1 aliphatic rings. The Balaban J connectivity index is 3.10. The number of amides is 1. The number of rotatable bonds is 5. The molecule has 3 atom stereocenters. The van der Waals surface area contributed by atoms with E-state index >= 15 is 0 Å². The average Bonchev–Trinajstić information content (AvgIpc) is 2.67. The Morgan fingerprint density at radius 3 is 2.27 bits per heavy atom. The molecule has 0 aromatic carbocycles. The van der Waals surface area contributed by atoms with Gasteiger partial charge in [-0.25, -0.2) is 9.59 Å². The molecule has 0 aliphatic carbocycles. The molecule has 0 bridgehead atoms. The fourth-order valence-electron chi connectivity index (χ4n) is 2.51. The topological polar surface area (TPSA) is 87.1 Å². The molecular formula is C15H27NO5Si. The number of nitrogens with zero attached hydrogens (tertiary/aromatic N) is 1. The highest BCUT2D eigenvalue weighted by atomic mass is 28.4. The third kappa shape index (κ3) is 3.70. The zero-order valence-corrected chi connectivity index (χ0v) is 15.0. The first-order valence-electron chi connectivity index (χ1n) is 7.45. The molecule has 22 heavy (non-hydrogen) atoms. The molecule has 0 spiro atoms. The lowest BCUT2D eigenvalue weighted by Crippen LogP contribution is -2.49. The Kier molecular flexibility index (Phi) is 5.45. The summed E-state index contributed by atoms with van der Waals surface area (Å²) in [4.78, 5) is 23.9. The van der Waals surface area contributed by atoms with Crippen molar-refractivity contribution in [2.45, 2.75) is 69.9 Å². The van der Waals surface area contributed by atoms with Gasteiger partial charge in [-0.3, -0.25) is 4.90 Å². The first kappa shape index (κ1) is 18.7. The van der Waals surface area contributed by atoms with E-state index in [4.69, 9.17) is 4.43 Å². The zero-order valence-electron chi connectivity index (χ0n) is 14.0. The van der Waals surface area contributed by atoms with Crippen molar-refractivity contribution in [3.63, 3.8) is 0 Å². The molecule has 3 unspecified atom stereocenters. The Bertz CT molecular complexity index is 457. The Labute approximate surface area is 132 Å². The highest BCUT2D eigenvalue weighted by molar-refractivity contribution is 6.74. The minimum atomic E-state index is -2.12. The fourth-order valence-corrected chi connectivity index (χ4v) is 3.88. The van der Waals surface area contributed by atoms with Gasteiger partial charge < -0.3 is 14.6 Å². The number of hydrogen-bond donors (Lipinski definition) is 2. The van der Waals surface area contributed by atoms with E-state index in [0.29, 0.717) is 6.42 Å². The van der Waals surface area contributed by atoms with Crippen LogP contribution in [0.15, 0.2) is 12.7 Å². The van der Waals surface area contributed by atoms with E-state index in [0.717, 1.165) is 4.90 Å². The third-order valence-corrected chi connectivity index (χ3v) is 9.25. The van der Waals surface area contributed by atoms with Gasteiger partial charge in [-0.1, -0.05) is 26.8 Å². The molecule has 7 heteroatoms. The standard InChI is InChI=1S/C15H27NO5Si/c1-7-8-10-12(21-22(5,6)15(2,3)4)9-11(13(17)18)16(10)14(19)20/h7,10-12H,1,8-9H2,2-6H3,(H,17,18)(H,19,20). The van der Waals surface area contributed by atoms with Crippen LogP contribution in [0, 0.1) is 0 Å². The van der Waals surface area contributed by atoms with E-state index in [1.54, 1.807) is 6.08 Å². The van der Waals surface area contributed by atoms with E-state index in [1.165, 1.54) is 0 Å². The van der Waals surface area contributed by atoms with Crippen molar-refractivity contribution < 1.29 is 24.2 Å². The summed E-state index contributed by atoms with van der Waals surface area (Å²) in [6.07, 6.45) is 0.561. The Hall–Kier alpha value is -1.34. The van der Waals surface area contributed by atoms with Crippen molar-refractivity contribution in [1.29, 1.82) is 0 Å². The molecule has 1 aliphatic heterocycles. The summed E-state index contributed by atoms with van der Waals surface area (Å²) >= 11 is 0. The minimum absolute atomic E-state index is 0.0267. The van der Waals surface area contributed by atoms with Crippen molar-refractivity contribution in [1.82, 2.24) is 4.90 Å². The molecule has 1 heterocycles. The molecule has 126 valence electrons. The van der Waals surface area contributed by atoms with Gasteiger partial charge in [-0.15, -0.1) is 6.58 Å². The predicted octanol–water partition coefficient (Wildman–Crippen LogP) is 3.16. The second kappa shape index (κ2) is 6.42. The van der Waals surface area contributed by atoms with Gasteiger partial charge in [-0.2, -0.15) is 0 Å². The van der Waals surface area contributed by atoms with Crippen LogP contribution in [0.5, 0.6) is 0 Å². The Morgan fingerprint density at radius 1 is 1.36 bits per heavy atom. The molecule has 2 N–H and O–H groups in total. The highest BCUT2D eigenvalue weighted by Gasteiger charge is 2.50. The SMILES string of the molecule is C=CCC1C(O[Si](C)(C)C(C)(C)C)CC(C(=O)O)N1C(=O)O. The van der Waals surface area contributed by atoms with Crippen LogP contribution in [0.25, 0.3) is 0 Å². The van der Waals surface area contributed by atoms with E-state index in [1.807, 2.05) is 0 Å². The number of likely N-dealkylation sites (tertiary alicyclic amines) is 1. The van der Waals surface area contributed by atoms with Crippen LogP contribution in [-0.4, -0.2) is 53.7 Å². The molecular weight excluding hydrogens is 302 g/mol. The maximum Gasteiger partial charge on any atom is 0.408 e. The lowest BCUT2D eigenvalue weighted by atomic mass is 10.1. The fraction of sp³-hybridized carbons (Fsp3) is 0.733. The second-order valence-electron chi connectivity index (χ2n) is 7.29. The normalized spacial score (nSPS) is 26.0. The molecule has 0 saturated carbocycles. The first-order chi connectivity index (χ1) is 9.92. The van der Waals surface area contributed by atoms with Crippen molar-refractivity contribution in [2.24, 2.45) is 0 Å². The second-order valence-corrected chi connectivity index (χ2v) is 12.0. The van der Waals surface area contributed by atoms with E-state index < -0.39 is 38.6 Å². The number of carboxylic acid groups (broad SMARTS) is 2. The van der Waals surface area contributed by atoms with Crippen molar-refractivity contribution in [2.75, 3.05) is 0 Å². The van der Waals surface area contributed by atoms with Gasteiger partial charge in [0.1, 0.15) is 6.04 Å². The van der Waals surface area contributed by atoms with Crippen LogP contribution in [0.4, 0.5) is 4.79 Å². The zero-order chi connectivity index (χ0) is 17.3. The molecule has 6 nitrogen and oxygen atoms in total. The van der Waals surface area contributed by atoms with Crippen LogP contribution in [0.2, 0.25) is 18.1 Å². The number of carbonyl (C=O) groups is 2. The maximum atomic E-state index is 11.5. The van der Waals surface area contributed by atoms with Gasteiger partial charge in [0, 0.05) is 6.42 Å². The number of hydrogen-bond acceptors (Lipinski definition) is 3. The lowest BCUT2D eigenvalue weighted by molar-refractivity contribution is -0.142. The quantitative estimate of drug-likeness (QED) is 0.597. The summed E-state index contributed by atoms with van der Waals surface area (Å²) in [7, 11) is -2.12. The molecule has 1 fully saturated rings. The van der Waals surface area contributed by atoms with E-state index in [-0.39, 0.29) is 11.5 Å². The average molecular weight is 329 g/mol. The van der Waals surface area contributed by atoms with Crippen molar-refractivity contribution >= 4 is 20.4 Å². The molecule has 0 radical (unpaired) electrons. The van der Waals surface area contributed by atoms with Crippen molar-refractivity contribution in [3.05, 3.63) is 12.7 Å². The van der Waals surface area contributed by atoms with Crippen LogP contribution in [0.1, 0.15) is 33.6 Å². The highest BCUT2D eigenvalue weighted by Crippen LogP contribution is 2.40. The van der Waals surface area contributed by atoms with Gasteiger partial charge in [0.25, 0.3) is 0 Å². The van der Waals surface area contributed by atoms with Gasteiger partial charge in [0.15, 0.2) is 8.32 Å². The largest absolute Gasteiger partial charge is 0.480 e. The molecule has 0 aromatic rings. The van der Waals surface area contributed by atoms with Crippen LogP contribution in [0.3, 0.4) is 0 Å². The summed E-state index contributed by atoms with van der Waals surface area (Å²) in [6, 6.07) is -1.55. The monoisotopic (exact) mass is 329 g/mol. The molecule has 1 amide bonds. The number of carboxylic acids is 1. The summed E-state index contributed by atoms with van der Waals surface area (Å²) in [5.41, 5.74) is 0. The molecule has 1 rings (SSSR count). The maximum absolute atomic E-state index is 11.5. The first-order valence-corrected chi connectivity index (χ1v) is 10.4. The van der Waals surface area contributed by atoms with E-state index in [2.05, 4.69) is 40.4 Å². The predicted molar refractivity (Wildman–Crippen MR) is 86.6 cm³/mol. The summed E-state index contributed by atoms with van der Waals surface area (Å²) in [6.45, 7) is 14.1. The third-order valence-electron chi connectivity index (χ3n) is 4.74. The van der Waals surface area contributed by atoms with Gasteiger partial charge in [0.2, 0.25) is 0 Å². The van der Waals surface area contributed by atoms with Gasteiger partial charge in [0.05, 0.1) is 12.1 Å². The Morgan fingerprint density at radius 2 is 1.91 bits per heavy atom. The van der Waals surface area contributed by atoms with Crippen LogP contribution in [-0.2, 0) is 9.22 Å². The summed E-state index contributed by atoms with van der Waals surface area (Å²) < 4.78 is 6.31. The minimum Gasteiger partial charge on any atom is -0.480 e. The van der Waals surface area contributed by atoms with Crippen molar-refractivity contribution in [3.8, 4) is 0 Å². The smallest absolute Gasteiger partial charge is 0.408 e.